The van der Waals surface area contributed by atoms with E-state index in [-0.39, 0.29) is 17.7 Å². The second-order valence-corrected chi connectivity index (χ2v) is 9.58. The van der Waals surface area contributed by atoms with Gasteiger partial charge in [0.15, 0.2) is 5.13 Å². The van der Waals surface area contributed by atoms with Crippen LogP contribution in [0.3, 0.4) is 0 Å². The number of fused-ring (bicyclic) bond motifs is 1. The van der Waals surface area contributed by atoms with Crippen LogP contribution in [-0.4, -0.2) is 57.7 Å². The number of thiazole rings is 1. The zero-order valence-electron chi connectivity index (χ0n) is 18.9. The van der Waals surface area contributed by atoms with Gasteiger partial charge in [0.1, 0.15) is 0 Å². The van der Waals surface area contributed by atoms with Crippen molar-refractivity contribution in [3.05, 3.63) is 27.5 Å². The first-order valence-corrected chi connectivity index (χ1v) is 12.0. The van der Waals surface area contributed by atoms with Gasteiger partial charge in [-0.25, -0.2) is 4.98 Å². The van der Waals surface area contributed by atoms with Crippen molar-refractivity contribution in [3.8, 4) is 0 Å². The number of nitrogens with zero attached hydrogens (tertiary/aromatic N) is 5. The van der Waals surface area contributed by atoms with Gasteiger partial charge < -0.3 is 15.1 Å². The zero-order chi connectivity index (χ0) is 22.1. The topological polar surface area (TPSA) is 83.4 Å². The van der Waals surface area contributed by atoms with Crippen molar-refractivity contribution in [3.63, 3.8) is 0 Å². The van der Waals surface area contributed by atoms with Gasteiger partial charge in [-0.15, -0.1) is 11.3 Å². The van der Waals surface area contributed by atoms with E-state index in [1.807, 2.05) is 37.4 Å². The molecule has 3 heterocycles. The minimum atomic E-state index is -0.00268. The summed E-state index contributed by atoms with van der Waals surface area (Å²) in [6, 6.07) is 0. The Kier molecular flexibility index (Phi) is 6.31. The molecule has 1 aliphatic carbocycles. The molecule has 0 aromatic carbocycles. The van der Waals surface area contributed by atoms with Crippen molar-refractivity contribution in [2.75, 3.05) is 31.1 Å². The van der Waals surface area contributed by atoms with Crippen LogP contribution in [-0.2, 0) is 36.0 Å². The van der Waals surface area contributed by atoms with E-state index in [1.54, 1.807) is 11.3 Å². The highest BCUT2D eigenvalue weighted by Gasteiger charge is 2.30. The second kappa shape index (κ2) is 8.98. The molecule has 4 rings (SSSR count). The number of piperazine rings is 1. The number of carbonyl (C=O) groups excluding carboxylic acids is 2. The molecule has 2 aliphatic rings. The Bertz CT molecular complexity index is 973. The zero-order valence-corrected chi connectivity index (χ0v) is 19.7. The Labute approximate surface area is 187 Å². The molecule has 1 saturated heterocycles. The molecule has 9 heteroatoms. The second-order valence-electron chi connectivity index (χ2n) is 8.52. The monoisotopic (exact) mass is 444 g/mol. The fourth-order valence-electron chi connectivity index (χ4n) is 4.48. The molecule has 2 aromatic rings. The highest BCUT2D eigenvalue weighted by atomic mass is 32.1. The Balaban J connectivity index is 1.34. The summed E-state index contributed by atoms with van der Waals surface area (Å²) >= 11 is 1.72. The van der Waals surface area contributed by atoms with Gasteiger partial charge in [0, 0.05) is 68.2 Å². The van der Waals surface area contributed by atoms with E-state index in [2.05, 4.69) is 15.3 Å². The average Bonchev–Trinajstić information content (AvgIpc) is 3.31. The minimum Gasteiger partial charge on any atom is -0.352 e. The van der Waals surface area contributed by atoms with Crippen molar-refractivity contribution in [2.45, 2.75) is 53.0 Å². The maximum absolute atomic E-state index is 12.8. The van der Waals surface area contributed by atoms with Crippen molar-refractivity contribution < 1.29 is 9.59 Å². The van der Waals surface area contributed by atoms with Gasteiger partial charge >= 0.3 is 0 Å². The molecule has 2 aromatic heterocycles. The summed E-state index contributed by atoms with van der Waals surface area (Å²) in [7, 11) is 1.93. The Hall–Kier alpha value is -2.42. The molecule has 168 valence electrons. The van der Waals surface area contributed by atoms with Crippen molar-refractivity contribution in [1.82, 2.24) is 25.0 Å². The van der Waals surface area contributed by atoms with Crippen molar-refractivity contribution >= 4 is 28.3 Å². The molecule has 8 nitrogen and oxygen atoms in total. The third-order valence-corrected chi connectivity index (χ3v) is 7.78. The van der Waals surface area contributed by atoms with Crippen LogP contribution in [0.2, 0.25) is 0 Å². The first kappa shape index (κ1) is 21.8. The van der Waals surface area contributed by atoms with E-state index < -0.39 is 0 Å². The maximum Gasteiger partial charge on any atom is 0.223 e. The number of hydrogen-bond donors (Lipinski definition) is 1. The lowest BCUT2D eigenvalue weighted by Gasteiger charge is -2.34. The highest BCUT2D eigenvalue weighted by molar-refractivity contribution is 7.15. The van der Waals surface area contributed by atoms with Crippen LogP contribution in [0.25, 0.3) is 0 Å². The molecule has 0 unspecified atom stereocenters. The van der Waals surface area contributed by atoms with Gasteiger partial charge in [-0.2, -0.15) is 5.10 Å². The molecule has 1 aliphatic heterocycles. The molecule has 1 fully saturated rings. The SMILES string of the molecule is CCC(=O)N1CCN(c2nc3c(s2)C[C@H](C(=O)NCc2c(C)nn(C)c2C)CC3)CC1. The van der Waals surface area contributed by atoms with Crippen LogP contribution in [0.5, 0.6) is 0 Å². The average molecular weight is 445 g/mol. The first-order valence-electron chi connectivity index (χ1n) is 11.2. The van der Waals surface area contributed by atoms with Gasteiger partial charge in [0.05, 0.1) is 11.4 Å². The van der Waals surface area contributed by atoms with Crippen LogP contribution >= 0.6 is 11.3 Å². The van der Waals surface area contributed by atoms with E-state index in [0.29, 0.717) is 13.0 Å². The summed E-state index contributed by atoms with van der Waals surface area (Å²) in [6.07, 6.45) is 3.02. The lowest BCUT2D eigenvalue weighted by atomic mass is 9.90. The van der Waals surface area contributed by atoms with Gasteiger partial charge in [0.25, 0.3) is 0 Å². The third-order valence-electron chi connectivity index (χ3n) is 6.60. The third kappa shape index (κ3) is 4.46. The predicted octanol–water partition coefficient (Wildman–Crippen LogP) is 1.97. The molecule has 0 radical (unpaired) electrons. The van der Waals surface area contributed by atoms with Crippen molar-refractivity contribution in [1.29, 1.82) is 0 Å². The maximum atomic E-state index is 12.8. The summed E-state index contributed by atoms with van der Waals surface area (Å²) in [5.74, 6) is 0.343. The number of nitrogens with one attached hydrogen (secondary N) is 1. The highest BCUT2D eigenvalue weighted by Crippen LogP contribution is 2.34. The first-order chi connectivity index (χ1) is 14.9. The molecule has 0 bridgehead atoms. The van der Waals surface area contributed by atoms with E-state index in [0.717, 1.165) is 73.2 Å². The fourth-order valence-corrected chi connectivity index (χ4v) is 5.72. The van der Waals surface area contributed by atoms with Crippen molar-refractivity contribution in [2.24, 2.45) is 13.0 Å². The van der Waals surface area contributed by atoms with Gasteiger partial charge in [0.2, 0.25) is 11.8 Å². The van der Waals surface area contributed by atoms with E-state index in [4.69, 9.17) is 4.98 Å². The molecule has 2 amide bonds. The van der Waals surface area contributed by atoms with Crippen LogP contribution in [0.1, 0.15) is 47.3 Å². The van der Waals surface area contributed by atoms with E-state index >= 15 is 0 Å². The van der Waals surface area contributed by atoms with E-state index in [1.165, 1.54) is 4.88 Å². The lowest BCUT2D eigenvalue weighted by molar-refractivity contribution is -0.131. The summed E-state index contributed by atoms with van der Waals surface area (Å²) in [5.41, 5.74) is 4.32. The van der Waals surface area contributed by atoms with Gasteiger partial charge in [-0.05, 0) is 33.1 Å². The molecule has 0 saturated carbocycles. The normalized spacial score (nSPS) is 18.8. The summed E-state index contributed by atoms with van der Waals surface area (Å²) in [4.78, 5) is 35.1. The smallest absolute Gasteiger partial charge is 0.223 e. The summed E-state index contributed by atoms with van der Waals surface area (Å²) in [6.45, 7) is 9.63. The standard InChI is InChI=1S/C22H32N6O2S/c1-5-20(29)27-8-10-28(11-9-27)22-24-18-7-6-16(12-19(18)31-22)21(30)23-13-17-14(2)25-26(4)15(17)3/h16H,5-13H2,1-4H3,(H,23,30)/t16-/m1/s1. The van der Waals surface area contributed by atoms with Gasteiger partial charge in [-0.3, -0.25) is 14.3 Å². The summed E-state index contributed by atoms with van der Waals surface area (Å²) in [5, 5.41) is 8.60. The van der Waals surface area contributed by atoms with Crippen LogP contribution < -0.4 is 10.2 Å². The lowest BCUT2D eigenvalue weighted by Crippen LogP contribution is -2.48. The van der Waals surface area contributed by atoms with Crippen LogP contribution in [0.4, 0.5) is 5.13 Å². The number of amides is 2. The number of rotatable bonds is 5. The molecule has 0 spiro atoms. The quantitative estimate of drug-likeness (QED) is 0.762. The Morgan fingerprint density at radius 1 is 1.19 bits per heavy atom. The van der Waals surface area contributed by atoms with E-state index in [9.17, 15) is 9.59 Å². The summed E-state index contributed by atoms with van der Waals surface area (Å²) < 4.78 is 1.86. The number of carbonyl (C=O) groups is 2. The number of anilines is 1. The Morgan fingerprint density at radius 2 is 1.94 bits per heavy atom. The Morgan fingerprint density at radius 3 is 2.58 bits per heavy atom. The fraction of sp³-hybridized carbons (Fsp3) is 0.636. The molecule has 1 atom stereocenters. The van der Waals surface area contributed by atoms with Crippen LogP contribution in [0, 0.1) is 19.8 Å². The van der Waals surface area contributed by atoms with Gasteiger partial charge in [-0.1, -0.05) is 6.92 Å². The predicted molar refractivity (Wildman–Crippen MR) is 121 cm³/mol. The molecule has 31 heavy (non-hydrogen) atoms. The molecular formula is C22H32N6O2S. The largest absolute Gasteiger partial charge is 0.352 e. The number of hydrogen-bond acceptors (Lipinski definition) is 6. The number of aromatic nitrogens is 3. The molecular weight excluding hydrogens is 412 g/mol. The van der Waals surface area contributed by atoms with Crippen LogP contribution in [0.15, 0.2) is 0 Å². The minimum absolute atomic E-state index is 0.00268. The molecule has 1 N–H and O–H groups in total. The number of aryl methyl sites for hydroxylation is 3.